The van der Waals surface area contributed by atoms with Crippen LogP contribution < -0.4 is 15.4 Å². The maximum atomic E-state index is 12.9. The van der Waals surface area contributed by atoms with Crippen LogP contribution in [0.1, 0.15) is 33.5 Å². The molecule has 0 saturated carbocycles. The lowest BCUT2D eigenvalue weighted by Gasteiger charge is -2.17. The quantitative estimate of drug-likeness (QED) is 0.521. The number of aryl methyl sites for hydroxylation is 1. The zero-order valence-corrected chi connectivity index (χ0v) is 19.9. The van der Waals surface area contributed by atoms with Crippen molar-refractivity contribution in [2.45, 2.75) is 26.4 Å². The van der Waals surface area contributed by atoms with Gasteiger partial charge in [-0.1, -0.05) is 48.0 Å². The zero-order chi connectivity index (χ0) is 24.8. The van der Waals surface area contributed by atoms with Gasteiger partial charge in [0.05, 0.1) is 13.0 Å². The van der Waals surface area contributed by atoms with Crippen molar-refractivity contribution in [1.82, 2.24) is 10.2 Å². The fourth-order valence-electron chi connectivity index (χ4n) is 4.06. The number of carbonyl (C=O) groups excluding carboxylic acids is 3. The molecule has 0 aliphatic carbocycles. The van der Waals surface area contributed by atoms with Crippen molar-refractivity contribution in [3.8, 4) is 5.75 Å². The van der Waals surface area contributed by atoms with E-state index in [-0.39, 0.29) is 24.1 Å². The van der Waals surface area contributed by atoms with E-state index in [9.17, 15) is 14.4 Å². The highest BCUT2D eigenvalue weighted by atomic mass is 16.5. The lowest BCUT2D eigenvalue weighted by molar-refractivity contribution is -0.128. The van der Waals surface area contributed by atoms with E-state index < -0.39 is 5.92 Å². The highest BCUT2D eigenvalue weighted by Gasteiger charge is 2.34. The third kappa shape index (κ3) is 6.26. The summed E-state index contributed by atoms with van der Waals surface area (Å²) < 4.78 is 5.21. The number of methoxy groups -OCH3 is 1. The van der Waals surface area contributed by atoms with Gasteiger partial charge >= 0.3 is 0 Å². The predicted molar refractivity (Wildman–Crippen MR) is 134 cm³/mol. The van der Waals surface area contributed by atoms with Crippen molar-refractivity contribution in [1.29, 1.82) is 0 Å². The number of anilines is 1. The number of hydrogen-bond acceptors (Lipinski definition) is 4. The van der Waals surface area contributed by atoms with Gasteiger partial charge in [0, 0.05) is 37.3 Å². The number of carbonyl (C=O) groups is 3. The van der Waals surface area contributed by atoms with Crippen LogP contribution in [0.4, 0.5) is 5.69 Å². The molecule has 3 aromatic rings. The second-order valence-corrected chi connectivity index (χ2v) is 8.77. The molecule has 1 unspecified atom stereocenters. The first-order valence-corrected chi connectivity index (χ1v) is 11.6. The lowest BCUT2D eigenvalue weighted by atomic mass is 10.1. The molecule has 3 amide bonds. The van der Waals surface area contributed by atoms with Crippen LogP contribution in [-0.2, 0) is 22.7 Å². The maximum absolute atomic E-state index is 12.9. The van der Waals surface area contributed by atoms with Gasteiger partial charge in [-0.15, -0.1) is 0 Å². The Hall–Kier alpha value is -4.13. The van der Waals surface area contributed by atoms with Crippen LogP contribution in [0, 0.1) is 12.8 Å². The number of nitrogens with zero attached hydrogens (tertiary/aromatic N) is 1. The molecule has 1 heterocycles. The van der Waals surface area contributed by atoms with E-state index in [1.54, 1.807) is 36.3 Å². The van der Waals surface area contributed by atoms with Gasteiger partial charge in [-0.05, 0) is 48.4 Å². The van der Waals surface area contributed by atoms with Crippen molar-refractivity contribution >= 4 is 23.4 Å². The molecular formula is C28H29N3O4. The van der Waals surface area contributed by atoms with E-state index in [4.69, 9.17) is 4.74 Å². The standard InChI is InChI=1S/C28H29N3O4/c1-19-9-11-20(12-10-19)17-31-18-23(15-26(31)32)28(34)30-24-7-4-6-22(14-24)27(33)29-16-21-5-3-8-25(13-21)35-2/h3-14,23H,15-18H2,1-2H3,(H,29,33)(H,30,34). The molecule has 1 atom stereocenters. The number of benzene rings is 3. The van der Waals surface area contributed by atoms with Crippen molar-refractivity contribution in [3.05, 3.63) is 95.1 Å². The Kier molecular flexibility index (Phi) is 7.45. The number of ether oxygens (including phenoxy) is 1. The molecule has 0 radical (unpaired) electrons. The second kappa shape index (κ2) is 10.9. The van der Waals surface area contributed by atoms with Gasteiger partial charge in [-0.3, -0.25) is 14.4 Å². The Morgan fingerprint density at radius 1 is 1.00 bits per heavy atom. The molecule has 1 saturated heterocycles. The van der Waals surface area contributed by atoms with Gasteiger partial charge in [0.1, 0.15) is 5.75 Å². The summed E-state index contributed by atoms with van der Waals surface area (Å²) in [6.07, 6.45) is 0.179. The average molecular weight is 472 g/mol. The van der Waals surface area contributed by atoms with E-state index in [1.807, 2.05) is 55.5 Å². The maximum Gasteiger partial charge on any atom is 0.251 e. The lowest BCUT2D eigenvalue weighted by Crippen LogP contribution is -2.28. The molecule has 1 aliphatic heterocycles. The van der Waals surface area contributed by atoms with Crippen molar-refractivity contribution in [3.63, 3.8) is 0 Å². The Balaban J connectivity index is 1.33. The first-order valence-electron chi connectivity index (χ1n) is 11.6. The van der Waals surface area contributed by atoms with Gasteiger partial charge in [0.25, 0.3) is 5.91 Å². The van der Waals surface area contributed by atoms with Crippen LogP contribution in [0.3, 0.4) is 0 Å². The molecule has 7 nitrogen and oxygen atoms in total. The molecule has 7 heteroatoms. The molecule has 180 valence electrons. The van der Waals surface area contributed by atoms with Crippen LogP contribution in [-0.4, -0.2) is 36.3 Å². The SMILES string of the molecule is COc1cccc(CNC(=O)c2cccc(NC(=O)C3CC(=O)N(Cc4ccc(C)cc4)C3)c2)c1. The summed E-state index contributed by atoms with van der Waals surface area (Å²) in [4.78, 5) is 39.7. The van der Waals surface area contributed by atoms with E-state index in [1.165, 1.54) is 0 Å². The molecule has 1 aliphatic rings. The Labute approximate surface area is 205 Å². The largest absolute Gasteiger partial charge is 0.497 e. The Morgan fingerprint density at radius 2 is 1.77 bits per heavy atom. The van der Waals surface area contributed by atoms with Crippen LogP contribution in [0.25, 0.3) is 0 Å². The summed E-state index contributed by atoms with van der Waals surface area (Å²) in [5, 5.41) is 5.75. The summed E-state index contributed by atoms with van der Waals surface area (Å²) in [6.45, 7) is 3.24. The number of hydrogen-bond donors (Lipinski definition) is 2. The van der Waals surface area contributed by atoms with Gasteiger partial charge in [-0.25, -0.2) is 0 Å². The average Bonchev–Trinajstić information content (AvgIpc) is 3.24. The molecule has 3 aromatic carbocycles. The van der Waals surface area contributed by atoms with Crippen LogP contribution in [0.5, 0.6) is 5.75 Å². The number of amides is 3. The first-order chi connectivity index (χ1) is 16.9. The highest BCUT2D eigenvalue weighted by molar-refractivity contribution is 5.99. The fourth-order valence-corrected chi connectivity index (χ4v) is 4.06. The Bertz CT molecular complexity index is 1220. The van der Waals surface area contributed by atoms with Gasteiger partial charge < -0.3 is 20.3 Å². The van der Waals surface area contributed by atoms with Crippen molar-refractivity contribution in [2.24, 2.45) is 5.92 Å². The minimum atomic E-state index is -0.432. The smallest absolute Gasteiger partial charge is 0.251 e. The summed E-state index contributed by atoms with van der Waals surface area (Å²) in [5.41, 5.74) is 4.08. The number of rotatable bonds is 8. The summed E-state index contributed by atoms with van der Waals surface area (Å²) >= 11 is 0. The van der Waals surface area contributed by atoms with Crippen LogP contribution in [0.15, 0.2) is 72.8 Å². The number of nitrogens with one attached hydrogen (secondary N) is 2. The zero-order valence-electron chi connectivity index (χ0n) is 19.9. The molecule has 35 heavy (non-hydrogen) atoms. The molecule has 0 bridgehead atoms. The summed E-state index contributed by atoms with van der Waals surface area (Å²) in [5.74, 6) is -0.206. The second-order valence-electron chi connectivity index (χ2n) is 8.77. The van der Waals surface area contributed by atoms with E-state index in [0.29, 0.717) is 30.9 Å². The summed E-state index contributed by atoms with van der Waals surface area (Å²) in [6, 6.07) is 22.3. The monoisotopic (exact) mass is 471 g/mol. The molecular weight excluding hydrogens is 442 g/mol. The van der Waals surface area contributed by atoms with Crippen LogP contribution >= 0.6 is 0 Å². The third-order valence-corrected chi connectivity index (χ3v) is 6.06. The van der Waals surface area contributed by atoms with Gasteiger partial charge in [0.15, 0.2) is 0 Å². The van der Waals surface area contributed by atoms with E-state index in [0.717, 1.165) is 22.4 Å². The van der Waals surface area contributed by atoms with Gasteiger partial charge in [0.2, 0.25) is 11.8 Å². The molecule has 2 N–H and O–H groups in total. The molecule has 4 rings (SSSR count). The minimum absolute atomic E-state index is 0.0311. The topological polar surface area (TPSA) is 87.7 Å². The number of likely N-dealkylation sites (tertiary alicyclic amines) is 1. The fraction of sp³-hybridized carbons (Fsp3) is 0.250. The molecule has 0 aromatic heterocycles. The first kappa shape index (κ1) is 24.0. The highest BCUT2D eigenvalue weighted by Crippen LogP contribution is 2.22. The predicted octanol–water partition coefficient (Wildman–Crippen LogP) is 3.92. The third-order valence-electron chi connectivity index (χ3n) is 6.06. The van der Waals surface area contributed by atoms with Crippen LogP contribution in [0.2, 0.25) is 0 Å². The van der Waals surface area contributed by atoms with E-state index in [2.05, 4.69) is 10.6 Å². The van der Waals surface area contributed by atoms with Crippen molar-refractivity contribution < 1.29 is 19.1 Å². The molecule has 1 fully saturated rings. The van der Waals surface area contributed by atoms with E-state index >= 15 is 0 Å². The summed E-state index contributed by atoms with van der Waals surface area (Å²) in [7, 11) is 1.60. The molecule has 0 spiro atoms. The normalized spacial score (nSPS) is 15.1. The Morgan fingerprint density at radius 3 is 2.54 bits per heavy atom. The minimum Gasteiger partial charge on any atom is -0.497 e. The van der Waals surface area contributed by atoms with Gasteiger partial charge in [-0.2, -0.15) is 0 Å². The van der Waals surface area contributed by atoms with Crippen molar-refractivity contribution in [2.75, 3.05) is 19.0 Å².